The fraction of sp³-hybridized carbons (Fsp3) is 0.263. The highest BCUT2D eigenvalue weighted by Crippen LogP contribution is 2.16. The summed E-state index contributed by atoms with van der Waals surface area (Å²) in [5.74, 6) is -1.23. The molecule has 144 valence electrons. The monoisotopic (exact) mass is 390 g/mol. The second-order valence-electron chi connectivity index (χ2n) is 5.99. The van der Waals surface area contributed by atoms with Crippen molar-refractivity contribution in [3.63, 3.8) is 0 Å². The number of anilines is 1. The number of nitrogens with one attached hydrogen (secondary N) is 1. The predicted octanol–water partition coefficient (Wildman–Crippen LogP) is 1.95. The summed E-state index contributed by atoms with van der Waals surface area (Å²) in [6.07, 6.45) is 0. The Morgan fingerprint density at radius 2 is 1.56 bits per heavy atom. The standard InChI is InChI=1S/C19H22N2O5S/c1-15(2)21(16-9-5-3-6-10-16)18(22)14-26-19(23)13-20-27(24,25)17-11-7-4-8-12-17/h3-12,15,20H,13-14H2,1-2H3. The molecule has 8 heteroatoms. The Balaban J connectivity index is 1.90. The van der Waals surface area contributed by atoms with E-state index in [-0.39, 0.29) is 10.9 Å². The molecule has 0 aliphatic heterocycles. The molecule has 0 bridgehead atoms. The average Bonchev–Trinajstić information content (AvgIpc) is 2.66. The number of carbonyl (C=O) groups is 2. The molecule has 1 N–H and O–H groups in total. The van der Waals surface area contributed by atoms with E-state index >= 15 is 0 Å². The number of carbonyl (C=O) groups excluding carboxylic acids is 2. The van der Waals surface area contributed by atoms with Gasteiger partial charge in [0.1, 0.15) is 6.54 Å². The lowest BCUT2D eigenvalue weighted by atomic mass is 10.2. The van der Waals surface area contributed by atoms with Gasteiger partial charge in [0.25, 0.3) is 5.91 Å². The van der Waals surface area contributed by atoms with Gasteiger partial charge in [-0.1, -0.05) is 36.4 Å². The Bertz CT molecular complexity index is 867. The maximum atomic E-state index is 12.4. The van der Waals surface area contributed by atoms with Crippen molar-refractivity contribution in [2.24, 2.45) is 0 Å². The minimum atomic E-state index is -3.81. The van der Waals surface area contributed by atoms with Crippen LogP contribution in [-0.2, 0) is 24.3 Å². The van der Waals surface area contributed by atoms with Gasteiger partial charge in [-0.15, -0.1) is 0 Å². The second kappa shape index (κ2) is 9.29. The molecule has 0 radical (unpaired) electrons. The molecule has 0 spiro atoms. The molecule has 0 heterocycles. The van der Waals surface area contributed by atoms with Crippen molar-refractivity contribution in [2.75, 3.05) is 18.1 Å². The molecule has 27 heavy (non-hydrogen) atoms. The van der Waals surface area contributed by atoms with Crippen LogP contribution in [-0.4, -0.2) is 39.5 Å². The molecule has 0 aliphatic carbocycles. The Labute approximate surface area is 159 Å². The molecular weight excluding hydrogens is 368 g/mol. The van der Waals surface area contributed by atoms with Gasteiger partial charge in [-0.25, -0.2) is 8.42 Å². The SMILES string of the molecule is CC(C)N(C(=O)COC(=O)CNS(=O)(=O)c1ccccc1)c1ccccc1. The van der Waals surface area contributed by atoms with E-state index in [0.717, 1.165) is 0 Å². The van der Waals surface area contributed by atoms with Crippen LogP contribution in [0.5, 0.6) is 0 Å². The molecule has 0 aromatic heterocycles. The number of nitrogens with zero attached hydrogens (tertiary/aromatic N) is 1. The zero-order valence-electron chi connectivity index (χ0n) is 15.2. The van der Waals surface area contributed by atoms with Gasteiger partial charge in [-0.2, -0.15) is 4.72 Å². The van der Waals surface area contributed by atoms with E-state index in [9.17, 15) is 18.0 Å². The number of rotatable bonds is 8. The first kappa shape index (κ1) is 20.6. The summed E-state index contributed by atoms with van der Waals surface area (Å²) in [6, 6.07) is 16.6. The number of amides is 1. The number of esters is 1. The number of hydrogen-bond acceptors (Lipinski definition) is 5. The summed E-state index contributed by atoms with van der Waals surface area (Å²) in [6.45, 7) is 2.66. The van der Waals surface area contributed by atoms with Crippen LogP contribution in [0.25, 0.3) is 0 Å². The molecular formula is C19H22N2O5S. The van der Waals surface area contributed by atoms with Gasteiger partial charge < -0.3 is 9.64 Å². The van der Waals surface area contributed by atoms with Crippen molar-refractivity contribution in [3.8, 4) is 0 Å². The maximum Gasteiger partial charge on any atom is 0.321 e. The molecule has 0 fully saturated rings. The highest BCUT2D eigenvalue weighted by atomic mass is 32.2. The normalized spacial score (nSPS) is 11.2. The first-order valence-electron chi connectivity index (χ1n) is 8.38. The summed E-state index contributed by atoms with van der Waals surface area (Å²) in [5.41, 5.74) is 0.693. The fourth-order valence-corrected chi connectivity index (χ4v) is 3.41. The maximum absolute atomic E-state index is 12.4. The number of sulfonamides is 1. The number of para-hydroxylation sites is 1. The number of ether oxygens (including phenoxy) is 1. The van der Waals surface area contributed by atoms with E-state index in [4.69, 9.17) is 4.74 Å². The fourth-order valence-electron chi connectivity index (χ4n) is 2.42. The predicted molar refractivity (Wildman–Crippen MR) is 102 cm³/mol. The smallest absolute Gasteiger partial charge is 0.321 e. The summed E-state index contributed by atoms with van der Waals surface area (Å²) in [4.78, 5) is 25.8. The first-order valence-corrected chi connectivity index (χ1v) is 9.87. The van der Waals surface area contributed by atoms with Crippen molar-refractivity contribution in [1.29, 1.82) is 0 Å². The number of benzene rings is 2. The molecule has 7 nitrogen and oxygen atoms in total. The highest BCUT2D eigenvalue weighted by Gasteiger charge is 2.21. The topological polar surface area (TPSA) is 92.8 Å². The lowest BCUT2D eigenvalue weighted by molar-refractivity contribution is -0.146. The molecule has 2 aromatic carbocycles. The van der Waals surface area contributed by atoms with Crippen molar-refractivity contribution >= 4 is 27.6 Å². The van der Waals surface area contributed by atoms with Gasteiger partial charge >= 0.3 is 5.97 Å². The first-order chi connectivity index (χ1) is 12.8. The Morgan fingerprint density at radius 3 is 2.11 bits per heavy atom. The molecule has 0 unspecified atom stereocenters. The van der Waals surface area contributed by atoms with Crippen molar-refractivity contribution in [2.45, 2.75) is 24.8 Å². The second-order valence-corrected chi connectivity index (χ2v) is 7.76. The number of hydrogen-bond donors (Lipinski definition) is 1. The van der Waals surface area contributed by atoms with E-state index in [1.807, 2.05) is 32.0 Å². The largest absolute Gasteiger partial charge is 0.455 e. The molecule has 0 atom stereocenters. The minimum absolute atomic E-state index is 0.0453. The van der Waals surface area contributed by atoms with Crippen molar-refractivity contribution in [1.82, 2.24) is 4.72 Å². The van der Waals surface area contributed by atoms with Crippen LogP contribution >= 0.6 is 0 Å². The van der Waals surface area contributed by atoms with Crippen molar-refractivity contribution in [3.05, 3.63) is 60.7 Å². The summed E-state index contributed by atoms with van der Waals surface area (Å²) in [5, 5.41) is 0. The quantitative estimate of drug-likeness (QED) is 0.696. The van der Waals surface area contributed by atoms with Gasteiger partial charge in [0.05, 0.1) is 4.90 Å². The minimum Gasteiger partial charge on any atom is -0.455 e. The lowest BCUT2D eigenvalue weighted by Gasteiger charge is -2.26. The van der Waals surface area contributed by atoms with Gasteiger partial charge in [-0.05, 0) is 38.1 Å². The third kappa shape index (κ3) is 5.90. The third-order valence-corrected chi connectivity index (χ3v) is 5.05. The zero-order valence-corrected chi connectivity index (χ0v) is 16.0. The highest BCUT2D eigenvalue weighted by molar-refractivity contribution is 7.89. The third-order valence-electron chi connectivity index (χ3n) is 3.64. The van der Waals surface area contributed by atoms with Crippen LogP contribution in [0, 0.1) is 0 Å². The van der Waals surface area contributed by atoms with Gasteiger partial charge in [0.2, 0.25) is 10.0 Å². The van der Waals surface area contributed by atoms with Gasteiger partial charge in [0.15, 0.2) is 6.61 Å². The Morgan fingerprint density at radius 1 is 1.00 bits per heavy atom. The summed E-state index contributed by atoms with van der Waals surface area (Å²) in [7, 11) is -3.81. The summed E-state index contributed by atoms with van der Waals surface area (Å²) < 4.78 is 31.2. The summed E-state index contributed by atoms with van der Waals surface area (Å²) >= 11 is 0. The molecule has 2 aromatic rings. The zero-order chi connectivity index (χ0) is 19.9. The molecule has 1 amide bonds. The van der Waals surface area contributed by atoms with E-state index in [1.54, 1.807) is 30.3 Å². The molecule has 0 aliphatic rings. The van der Waals surface area contributed by atoms with Crippen molar-refractivity contribution < 1.29 is 22.7 Å². The lowest BCUT2D eigenvalue weighted by Crippen LogP contribution is -2.40. The molecule has 0 saturated heterocycles. The van der Waals surface area contributed by atoms with E-state index < -0.39 is 35.1 Å². The van der Waals surface area contributed by atoms with Gasteiger partial charge in [0, 0.05) is 11.7 Å². The van der Waals surface area contributed by atoms with Gasteiger partial charge in [-0.3, -0.25) is 9.59 Å². The Kier molecular flexibility index (Phi) is 7.09. The van der Waals surface area contributed by atoms with E-state index in [0.29, 0.717) is 5.69 Å². The molecule has 0 saturated carbocycles. The van der Waals surface area contributed by atoms with Crippen LogP contribution in [0.3, 0.4) is 0 Å². The average molecular weight is 390 g/mol. The van der Waals surface area contributed by atoms with E-state index in [1.165, 1.54) is 17.0 Å². The van der Waals surface area contributed by atoms with Crippen LogP contribution in [0.15, 0.2) is 65.6 Å². The van der Waals surface area contributed by atoms with Crippen LogP contribution in [0.4, 0.5) is 5.69 Å². The Hall–Kier alpha value is -2.71. The van der Waals surface area contributed by atoms with Crippen LogP contribution < -0.4 is 9.62 Å². The molecule has 2 rings (SSSR count). The van der Waals surface area contributed by atoms with E-state index in [2.05, 4.69) is 4.72 Å². The van der Waals surface area contributed by atoms with Crippen LogP contribution in [0.2, 0.25) is 0 Å². The van der Waals surface area contributed by atoms with Crippen LogP contribution in [0.1, 0.15) is 13.8 Å².